The highest BCUT2D eigenvalue weighted by Gasteiger charge is 2.40. The number of hydrogen-bond acceptors (Lipinski definition) is 3. The lowest BCUT2D eigenvalue weighted by Gasteiger charge is -2.34. The molecule has 2 fully saturated rings. The first-order valence-corrected chi connectivity index (χ1v) is 15.4. The molecule has 1 aromatic rings. The molecular weight excluding hydrogens is 444 g/mol. The molecule has 0 aliphatic heterocycles. The Bertz CT molecular complexity index is 762. The third-order valence-electron chi connectivity index (χ3n) is 8.74. The molecule has 0 amide bonds. The molecule has 0 aromatic heterocycles. The van der Waals surface area contributed by atoms with Crippen molar-refractivity contribution in [2.45, 2.75) is 135 Å². The molecule has 3 heteroatoms. The van der Waals surface area contributed by atoms with E-state index in [1.165, 1.54) is 70.6 Å². The van der Waals surface area contributed by atoms with Crippen molar-refractivity contribution in [3.63, 3.8) is 0 Å². The van der Waals surface area contributed by atoms with E-state index in [0.717, 1.165) is 56.4 Å². The molecule has 0 saturated heterocycles. The highest BCUT2D eigenvalue weighted by molar-refractivity contribution is 6.05. The predicted molar refractivity (Wildman–Crippen MR) is 150 cm³/mol. The highest BCUT2D eigenvalue weighted by Crippen LogP contribution is 2.41. The van der Waals surface area contributed by atoms with Crippen LogP contribution < -0.4 is 4.74 Å². The second-order valence-electron chi connectivity index (χ2n) is 11.6. The van der Waals surface area contributed by atoms with Gasteiger partial charge in [0.15, 0.2) is 5.78 Å². The number of carbonyl (C=O) groups is 2. The van der Waals surface area contributed by atoms with E-state index in [1.807, 2.05) is 12.1 Å². The predicted octanol–water partition coefficient (Wildman–Crippen LogP) is 9.22. The molecule has 1 aromatic carbocycles. The van der Waals surface area contributed by atoms with E-state index < -0.39 is 0 Å². The topological polar surface area (TPSA) is 43.4 Å². The molecule has 0 radical (unpaired) electrons. The van der Waals surface area contributed by atoms with Gasteiger partial charge in [0.05, 0.1) is 12.5 Å². The number of hydrogen-bond donors (Lipinski definition) is 0. The number of unbranched alkanes of at least 4 members (excludes halogenated alkanes) is 7. The fourth-order valence-corrected chi connectivity index (χ4v) is 6.52. The van der Waals surface area contributed by atoms with Gasteiger partial charge in [-0.1, -0.05) is 103 Å². The van der Waals surface area contributed by atoms with Crippen molar-refractivity contribution in [3.8, 4) is 5.75 Å². The monoisotopic (exact) mass is 496 g/mol. The van der Waals surface area contributed by atoms with Gasteiger partial charge >= 0.3 is 0 Å². The number of Topliss-reactive ketones (excluding diaryl/α,β-unsaturated/α-hetero) is 2. The van der Waals surface area contributed by atoms with Gasteiger partial charge < -0.3 is 4.74 Å². The zero-order valence-corrected chi connectivity index (χ0v) is 23.3. The largest absolute Gasteiger partial charge is 0.494 e. The van der Waals surface area contributed by atoms with Crippen molar-refractivity contribution in [1.29, 1.82) is 0 Å². The van der Waals surface area contributed by atoms with Gasteiger partial charge in [0, 0.05) is 12.3 Å². The van der Waals surface area contributed by atoms with Crippen LogP contribution in [0, 0.1) is 17.8 Å². The summed E-state index contributed by atoms with van der Waals surface area (Å²) in [4.78, 5) is 27.1. The molecule has 0 spiro atoms. The van der Waals surface area contributed by atoms with Gasteiger partial charge in [-0.05, 0) is 61.6 Å². The van der Waals surface area contributed by atoms with E-state index in [0.29, 0.717) is 18.3 Å². The Morgan fingerprint density at radius 3 is 2.19 bits per heavy atom. The van der Waals surface area contributed by atoms with Crippen LogP contribution in [0.1, 0.15) is 141 Å². The Balaban J connectivity index is 1.59. The van der Waals surface area contributed by atoms with Gasteiger partial charge in [-0.2, -0.15) is 0 Å². The smallest absolute Gasteiger partial charge is 0.151 e. The van der Waals surface area contributed by atoms with E-state index in [2.05, 4.69) is 26.0 Å². The van der Waals surface area contributed by atoms with Crippen LogP contribution in [-0.4, -0.2) is 18.2 Å². The minimum absolute atomic E-state index is 0.136. The maximum Gasteiger partial charge on any atom is 0.151 e. The molecule has 3 rings (SSSR count). The first-order valence-electron chi connectivity index (χ1n) is 15.4. The van der Waals surface area contributed by atoms with Gasteiger partial charge in [0.2, 0.25) is 0 Å². The number of benzene rings is 1. The van der Waals surface area contributed by atoms with E-state index in [-0.39, 0.29) is 23.4 Å². The number of carbonyl (C=O) groups excluding carboxylic acids is 2. The summed E-state index contributed by atoms with van der Waals surface area (Å²) < 4.78 is 6.00. The van der Waals surface area contributed by atoms with Crippen LogP contribution in [0.25, 0.3) is 0 Å². The summed E-state index contributed by atoms with van der Waals surface area (Å²) >= 11 is 0. The Morgan fingerprint density at radius 1 is 0.833 bits per heavy atom. The SMILES string of the molecule is CCCCCCCCOc1ccc(C(C(=O)C2CCC(CCCCC)CC2=O)C2CCCCC2)cc1. The second-order valence-corrected chi connectivity index (χ2v) is 11.6. The fraction of sp³-hybridized carbons (Fsp3) is 0.758. The van der Waals surface area contributed by atoms with Crippen LogP contribution in [0.5, 0.6) is 5.75 Å². The summed E-state index contributed by atoms with van der Waals surface area (Å²) in [6, 6.07) is 8.30. The first-order chi connectivity index (χ1) is 17.6. The third-order valence-corrected chi connectivity index (χ3v) is 8.74. The molecule has 0 N–H and O–H groups in total. The average molecular weight is 497 g/mol. The summed E-state index contributed by atoms with van der Waals surface area (Å²) in [5.74, 6) is 1.66. The quantitative estimate of drug-likeness (QED) is 0.169. The van der Waals surface area contributed by atoms with Gasteiger partial charge in [-0.15, -0.1) is 0 Å². The van der Waals surface area contributed by atoms with Crippen LogP contribution >= 0.6 is 0 Å². The molecular formula is C33H52O3. The lowest BCUT2D eigenvalue weighted by molar-refractivity contribution is -0.137. The summed E-state index contributed by atoms with van der Waals surface area (Å²) in [6.07, 6.45) is 20.7. The van der Waals surface area contributed by atoms with Crippen molar-refractivity contribution < 1.29 is 14.3 Å². The molecule has 3 nitrogen and oxygen atoms in total. The normalized spacial score (nSPS) is 21.9. The molecule has 2 aliphatic carbocycles. The number of rotatable bonds is 16. The van der Waals surface area contributed by atoms with Gasteiger partial charge in [-0.3, -0.25) is 9.59 Å². The summed E-state index contributed by atoms with van der Waals surface area (Å²) in [7, 11) is 0. The maximum absolute atomic E-state index is 13.9. The van der Waals surface area contributed by atoms with Crippen molar-refractivity contribution in [2.75, 3.05) is 6.61 Å². The molecule has 2 saturated carbocycles. The number of ketones is 2. The van der Waals surface area contributed by atoms with E-state index in [4.69, 9.17) is 4.74 Å². The van der Waals surface area contributed by atoms with Crippen molar-refractivity contribution >= 4 is 11.6 Å². The standard InChI is InChI=1S/C33H52O3/c1-3-5-7-8-9-14-24-36-29-21-19-28(20-22-29)32(27-16-12-10-13-17-27)33(35)30-23-18-26(25-31(30)34)15-11-6-4-2/h19-22,26-27,30,32H,3-18,23-25H2,1-2H3. The summed E-state index contributed by atoms with van der Waals surface area (Å²) in [6.45, 7) is 5.23. The molecule has 2 aliphatic rings. The third kappa shape index (κ3) is 9.03. The van der Waals surface area contributed by atoms with Crippen molar-refractivity contribution in [3.05, 3.63) is 29.8 Å². The van der Waals surface area contributed by atoms with E-state index in [9.17, 15) is 9.59 Å². The van der Waals surface area contributed by atoms with Crippen molar-refractivity contribution in [2.24, 2.45) is 17.8 Å². The number of ether oxygens (including phenoxy) is 1. The van der Waals surface area contributed by atoms with E-state index >= 15 is 0 Å². The van der Waals surface area contributed by atoms with Gasteiger partial charge in [0.1, 0.15) is 11.5 Å². The van der Waals surface area contributed by atoms with Gasteiger partial charge in [0.25, 0.3) is 0 Å². The highest BCUT2D eigenvalue weighted by atomic mass is 16.5. The second kappa shape index (κ2) is 16.3. The molecule has 3 unspecified atom stereocenters. The lowest BCUT2D eigenvalue weighted by atomic mass is 9.68. The van der Waals surface area contributed by atoms with Crippen LogP contribution in [-0.2, 0) is 9.59 Å². The zero-order valence-electron chi connectivity index (χ0n) is 23.3. The molecule has 0 bridgehead atoms. The molecule has 36 heavy (non-hydrogen) atoms. The van der Waals surface area contributed by atoms with Crippen LogP contribution in [0.4, 0.5) is 0 Å². The Morgan fingerprint density at radius 2 is 1.50 bits per heavy atom. The minimum atomic E-state index is -0.386. The van der Waals surface area contributed by atoms with Gasteiger partial charge in [-0.25, -0.2) is 0 Å². The van der Waals surface area contributed by atoms with Crippen LogP contribution in [0.15, 0.2) is 24.3 Å². The van der Waals surface area contributed by atoms with Crippen LogP contribution in [0.2, 0.25) is 0 Å². The lowest BCUT2D eigenvalue weighted by Crippen LogP contribution is -2.36. The Kier molecular flexibility index (Phi) is 13.1. The Hall–Kier alpha value is -1.64. The maximum atomic E-state index is 13.9. The zero-order chi connectivity index (χ0) is 25.6. The fourth-order valence-electron chi connectivity index (χ4n) is 6.52. The molecule has 0 heterocycles. The summed E-state index contributed by atoms with van der Waals surface area (Å²) in [5.41, 5.74) is 1.09. The summed E-state index contributed by atoms with van der Waals surface area (Å²) in [5, 5.41) is 0. The minimum Gasteiger partial charge on any atom is -0.494 e. The van der Waals surface area contributed by atoms with Crippen molar-refractivity contribution in [1.82, 2.24) is 0 Å². The molecule has 202 valence electrons. The average Bonchev–Trinajstić information content (AvgIpc) is 2.90. The Labute approximate surface area is 221 Å². The molecule has 3 atom stereocenters. The first kappa shape index (κ1) is 28.9. The van der Waals surface area contributed by atoms with Crippen LogP contribution in [0.3, 0.4) is 0 Å². The van der Waals surface area contributed by atoms with E-state index in [1.54, 1.807) is 0 Å².